The maximum absolute atomic E-state index is 11.6. The molecule has 0 unspecified atom stereocenters. The van der Waals surface area contributed by atoms with Gasteiger partial charge in [0, 0.05) is 6.54 Å². The molecule has 1 aliphatic rings. The van der Waals surface area contributed by atoms with Crippen molar-refractivity contribution in [1.29, 1.82) is 0 Å². The highest BCUT2D eigenvalue weighted by molar-refractivity contribution is 7.99. The van der Waals surface area contributed by atoms with Gasteiger partial charge in [-0.1, -0.05) is 23.9 Å². The Bertz CT molecular complexity index is 766. The number of nitrogens with one attached hydrogen (secondary N) is 2. The fourth-order valence-corrected chi connectivity index (χ4v) is 2.61. The normalized spacial score (nSPS) is 15.5. The van der Waals surface area contributed by atoms with Gasteiger partial charge >= 0.3 is 6.03 Å². The number of nitrogens with zero attached hydrogens (tertiary/aromatic N) is 2. The molecule has 132 valence electrons. The van der Waals surface area contributed by atoms with Crippen LogP contribution in [0.4, 0.5) is 4.79 Å². The molecule has 3 amide bonds. The third-order valence-electron chi connectivity index (χ3n) is 3.12. The van der Waals surface area contributed by atoms with Crippen LogP contribution in [-0.4, -0.2) is 41.0 Å². The van der Waals surface area contributed by atoms with E-state index >= 15 is 0 Å². The Balaban J connectivity index is 1.53. The van der Waals surface area contributed by atoms with Crippen molar-refractivity contribution < 1.29 is 23.5 Å². The topological polar surface area (TPSA) is 116 Å². The number of carbonyl (C=O) groups is 2. The number of hydrogen-bond acceptors (Lipinski definition) is 8. The van der Waals surface area contributed by atoms with Gasteiger partial charge in [-0.15, -0.1) is 10.2 Å². The van der Waals surface area contributed by atoms with Crippen LogP contribution in [0.2, 0.25) is 0 Å². The van der Waals surface area contributed by atoms with Gasteiger partial charge in [0.05, 0.1) is 5.75 Å². The van der Waals surface area contributed by atoms with Crippen molar-refractivity contribution in [2.45, 2.75) is 18.3 Å². The summed E-state index contributed by atoms with van der Waals surface area (Å²) in [4.78, 5) is 22.9. The lowest BCUT2D eigenvalue weighted by atomic mass is 10.2. The van der Waals surface area contributed by atoms with E-state index in [1.165, 1.54) is 0 Å². The lowest BCUT2D eigenvalue weighted by Crippen LogP contribution is -2.40. The first kappa shape index (κ1) is 17.1. The van der Waals surface area contributed by atoms with Crippen molar-refractivity contribution in [3.05, 3.63) is 30.2 Å². The SMILES string of the molecule is CCNC(=O)NC(=O)CSc1nnc([C@@H]2COc3ccccc3O2)o1. The first-order valence-corrected chi connectivity index (χ1v) is 8.56. The smallest absolute Gasteiger partial charge is 0.321 e. The second kappa shape index (κ2) is 7.88. The Morgan fingerprint density at radius 2 is 2.08 bits per heavy atom. The fraction of sp³-hybridized carbons (Fsp3) is 0.333. The van der Waals surface area contributed by atoms with Crippen molar-refractivity contribution in [2.24, 2.45) is 0 Å². The van der Waals surface area contributed by atoms with E-state index in [9.17, 15) is 9.59 Å². The van der Waals surface area contributed by atoms with Crippen molar-refractivity contribution in [3.63, 3.8) is 0 Å². The number of amides is 3. The predicted octanol–water partition coefficient (Wildman–Crippen LogP) is 1.52. The Morgan fingerprint density at radius 1 is 1.28 bits per heavy atom. The van der Waals surface area contributed by atoms with Crippen LogP contribution in [0.15, 0.2) is 33.9 Å². The van der Waals surface area contributed by atoms with Crippen molar-refractivity contribution in [2.75, 3.05) is 18.9 Å². The van der Waals surface area contributed by atoms with Crippen LogP contribution in [0.3, 0.4) is 0 Å². The highest BCUT2D eigenvalue weighted by Crippen LogP contribution is 2.35. The molecule has 1 aromatic heterocycles. The molecule has 2 aromatic rings. The maximum atomic E-state index is 11.6. The number of thioether (sulfide) groups is 1. The largest absolute Gasteiger partial charge is 0.485 e. The van der Waals surface area contributed by atoms with E-state index in [1.54, 1.807) is 13.0 Å². The van der Waals surface area contributed by atoms with Crippen molar-refractivity contribution in [1.82, 2.24) is 20.8 Å². The van der Waals surface area contributed by atoms with E-state index in [0.717, 1.165) is 11.8 Å². The van der Waals surface area contributed by atoms with E-state index < -0.39 is 18.0 Å². The van der Waals surface area contributed by atoms with Crippen LogP contribution in [0, 0.1) is 0 Å². The second-order valence-corrected chi connectivity index (χ2v) is 5.89. The van der Waals surface area contributed by atoms with E-state index in [2.05, 4.69) is 20.8 Å². The van der Waals surface area contributed by atoms with E-state index in [1.807, 2.05) is 18.2 Å². The Morgan fingerprint density at radius 3 is 2.88 bits per heavy atom. The number of ether oxygens (including phenoxy) is 2. The molecule has 1 aromatic carbocycles. The minimum atomic E-state index is -0.536. The van der Waals surface area contributed by atoms with E-state index in [0.29, 0.717) is 18.0 Å². The summed E-state index contributed by atoms with van der Waals surface area (Å²) in [5.74, 6) is 1.05. The fourth-order valence-electron chi connectivity index (χ4n) is 2.04. The zero-order chi connectivity index (χ0) is 17.6. The lowest BCUT2D eigenvalue weighted by molar-refractivity contribution is -0.117. The van der Waals surface area contributed by atoms with Gasteiger partial charge in [-0.2, -0.15) is 0 Å². The number of carbonyl (C=O) groups excluding carboxylic acids is 2. The van der Waals surface area contributed by atoms with Crippen molar-refractivity contribution >= 4 is 23.7 Å². The van der Waals surface area contributed by atoms with Gasteiger partial charge in [0.2, 0.25) is 12.0 Å². The molecular formula is C15H16N4O5S. The molecule has 0 fully saturated rings. The third-order valence-corrected chi connectivity index (χ3v) is 3.94. The van der Waals surface area contributed by atoms with E-state index in [-0.39, 0.29) is 23.5 Å². The summed E-state index contributed by atoms with van der Waals surface area (Å²) in [5.41, 5.74) is 0. The maximum Gasteiger partial charge on any atom is 0.321 e. The highest BCUT2D eigenvalue weighted by Gasteiger charge is 2.27. The number of hydrogen-bond donors (Lipinski definition) is 2. The average Bonchev–Trinajstić information content (AvgIpc) is 3.09. The number of benzene rings is 1. The number of urea groups is 1. The Labute approximate surface area is 147 Å². The Hall–Kier alpha value is -2.75. The van der Waals surface area contributed by atoms with Gasteiger partial charge in [0.15, 0.2) is 11.5 Å². The summed E-state index contributed by atoms with van der Waals surface area (Å²) < 4.78 is 16.9. The lowest BCUT2D eigenvalue weighted by Gasteiger charge is -2.23. The van der Waals surface area contributed by atoms with Crippen LogP contribution in [-0.2, 0) is 4.79 Å². The molecule has 0 bridgehead atoms. The summed E-state index contributed by atoms with van der Waals surface area (Å²) in [7, 11) is 0. The van der Waals surface area contributed by atoms with Gasteiger partial charge in [-0.05, 0) is 19.1 Å². The van der Waals surface area contributed by atoms with Gasteiger partial charge in [0.25, 0.3) is 11.1 Å². The zero-order valence-electron chi connectivity index (χ0n) is 13.4. The van der Waals surface area contributed by atoms with Crippen LogP contribution in [0.1, 0.15) is 18.9 Å². The van der Waals surface area contributed by atoms with Crippen molar-refractivity contribution in [3.8, 4) is 11.5 Å². The molecule has 10 heteroatoms. The molecule has 9 nitrogen and oxygen atoms in total. The first-order chi connectivity index (χ1) is 12.2. The molecule has 0 saturated carbocycles. The average molecular weight is 364 g/mol. The number of fused-ring (bicyclic) bond motifs is 1. The molecule has 2 heterocycles. The summed E-state index contributed by atoms with van der Waals surface area (Å²) in [6.07, 6.45) is -0.513. The van der Waals surface area contributed by atoms with Gasteiger partial charge in [0.1, 0.15) is 6.61 Å². The molecule has 2 N–H and O–H groups in total. The quantitative estimate of drug-likeness (QED) is 0.767. The molecule has 1 atom stereocenters. The van der Waals surface area contributed by atoms with E-state index in [4.69, 9.17) is 13.9 Å². The molecule has 0 aliphatic carbocycles. The standard InChI is InChI=1S/C15H16N4O5S/c1-2-16-14(21)17-12(20)8-25-15-19-18-13(24-15)11-7-22-9-5-3-4-6-10(9)23-11/h3-6,11H,2,7-8H2,1H3,(H2,16,17,20,21)/t11-/m0/s1. The number of aromatic nitrogens is 2. The Kier molecular flexibility index (Phi) is 5.39. The van der Waals surface area contributed by atoms with Gasteiger partial charge in [-0.3, -0.25) is 10.1 Å². The summed E-state index contributed by atoms with van der Waals surface area (Å²) in [6, 6.07) is 6.77. The zero-order valence-corrected chi connectivity index (χ0v) is 14.2. The molecule has 1 aliphatic heterocycles. The number of imide groups is 1. The number of rotatable bonds is 5. The molecule has 0 spiro atoms. The summed E-state index contributed by atoms with van der Waals surface area (Å²) >= 11 is 1.03. The predicted molar refractivity (Wildman–Crippen MR) is 87.5 cm³/mol. The van der Waals surface area contributed by atoms with Crippen LogP contribution >= 0.6 is 11.8 Å². The molecule has 0 saturated heterocycles. The highest BCUT2D eigenvalue weighted by atomic mass is 32.2. The third kappa shape index (κ3) is 4.41. The summed E-state index contributed by atoms with van der Waals surface area (Å²) in [5, 5.41) is 12.7. The van der Waals surface area contributed by atoms with Gasteiger partial charge in [-0.25, -0.2) is 4.79 Å². The summed E-state index contributed by atoms with van der Waals surface area (Å²) in [6.45, 7) is 2.45. The van der Waals surface area contributed by atoms with Gasteiger partial charge < -0.3 is 19.2 Å². The molecule has 25 heavy (non-hydrogen) atoms. The van der Waals surface area contributed by atoms with Crippen LogP contribution in [0.5, 0.6) is 11.5 Å². The molecule has 3 rings (SSSR count). The monoisotopic (exact) mass is 364 g/mol. The second-order valence-electron chi connectivity index (χ2n) is 4.97. The first-order valence-electron chi connectivity index (χ1n) is 7.58. The molecular weight excluding hydrogens is 348 g/mol. The number of para-hydroxylation sites is 2. The molecule has 0 radical (unpaired) electrons. The van der Waals surface area contributed by atoms with Crippen LogP contribution in [0.25, 0.3) is 0 Å². The van der Waals surface area contributed by atoms with Crippen LogP contribution < -0.4 is 20.1 Å². The minimum Gasteiger partial charge on any atom is -0.485 e. The minimum absolute atomic E-state index is 0.0242.